The minimum Gasteiger partial charge on any atom is -0.308 e. The zero-order valence-corrected chi connectivity index (χ0v) is 4.31. The summed E-state index contributed by atoms with van der Waals surface area (Å²) in [5.41, 5.74) is 8.01. The Morgan fingerprint density at radius 2 is 2.71 bits per heavy atom. The first-order valence-electron chi connectivity index (χ1n) is 2.28. The Labute approximate surface area is 42.6 Å². The minimum absolute atomic E-state index is 0.278. The van der Waals surface area contributed by atoms with Crippen LogP contribution in [0.25, 0.3) is 0 Å². The largest absolute Gasteiger partial charge is 0.308 e. The Kier molecular flexibility index (Phi) is 0.785. The molecule has 3 N–H and O–H groups in total. The third-order valence-electron chi connectivity index (χ3n) is 0.927. The van der Waals surface area contributed by atoms with Gasteiger partial charge in [0.1, 0.15) is 5.66 Å². The summed E-state index contributed by atoms with van der Waals surface area (Å²) in [6, 6.07) is 0. The molecular formula is C4H9N3. The molecule has 0 saturated heterocycles. The lowest BCUT2D eigenvalue weighted by Gasteiger charge is -2.14. The second kappa shape index (κ2) is 1.20. The monoisotopic (exact) mass is 99.1 g/mol. The van der Waals surface area contributed by atoms with Crippen molar-refractivity contribution in [1.82, 2.24) is 5.43 Å². The molecule has 0 bridgehead atoms. The van der Waals surface area contributed by atoms with Crippen LogP contribution in [-0.2, 0) is 0 Å². The van der Waals surface area contributed by atoms with Gasteiger partial charge in [0.2, 0.25) is 0 Å². The summed E-state index contributed by atoms with van der Waals surface area (Å²) < 4.78 is 0. The quantitative estimate of drug-likeness (QED) is 0.435. The highest BCUT2D eigenvalue weighted by atomic mass is 15.4. The van der Waals surface area contributed by atoms with Crippen LogP contribution in [-0.4, -0.2) is 11.9 Å². The summed E-state index contributed by atoms with van der Waals surface area (Å²) in [5, 5.41) is 3.74. The molecule has 3 heteroatoms. The fourth-order valence-corrected chi connectivity index (χ4v) is 0.474. The zero-order valence-electron chi connectivity index (χ0n) is 4.31. The first-order chi connectivity index (χ1) is 3.21. The molecule has 1 heterocycles. The molecule has 0 fully saturated rings. The maximum atomic E-state index is 5.54. The number of rotatable bonds is 0. The molecule has 1 aliphatic heterocycles. The van der Waals surface area contributed by atoms with Crippen LogP contribution >= 0.6 is 0 Å². The van der Waals surface area contributed by atoms with Gasteiger partial charge in [-0.2, -0.15) is 5.10 Å². The first-order valence-corrected chi connectivity index (χ1v) is 2.28. The lowest BCUT2D eigenvalue weighted by Crippen LogP contribution is -2.44. The van der Waals surface area contributed by atoms with Gasteiger partial charge in [0, 0.05) is 12.6 Å². The highest BCUT2D eigenvalue weighted by Crippen LogP contribution is 2.02. The van der Waals surface area contributed by atoms with Crippen molar-refractivity contribution in [3.8, 4) is 0 Å². The van der Waals surface area contributed by atoms with Gasteiger partial charge in [-0.25, -0.2) is 0 Å². The molecule has 0 aromatic carbocycles. The maximum absolute atomic E-state index is 5.54. The van der Waals surface area contributed by atoms with Crippen LogP contribution in [0.2, 0.25) is 0 Å². The van der Waals surface area contributed by atoms with E-state index in [9.17, 15) is 0 Å². The van der Waals surface area contributed by atoms with Crippen LogP contribution in [0.3, 0.4) is 0 Å². The van der Waals surface area contributed by atoms with E-state index in [-0.39, 0.29) is 5.66 Å². The SMILES string of the molecule is CC1(N)CC=NN1. The number of hydrogen-bond acceptors (Lipinski definition) is 3. The number of nitrogens with one attached hydrogen (secondary N) is 1. The van der Waals surface area contributed by atoms with Crippen molar-refractivity contribution < 1.29 is 0 Å². The Balaban J connectivity index is 2.49. The van der Waals surface area contributed by atoms with Crippen LogP contribution in [0.1, 0.15) is 13.3 Å². The van der Waals surface area contributed by atoms with Gasteiger partial charge >= 0.3 is 0 Å². The lowest BCUT2D eigenvalue weighted by atomic mass is 10.2. The van der Waals surface area contributed by atoms with Crippen molar-refractivity contribution in [3.05, 3.63) is 0 Å². The van der Waals surface area contributed by atoms with Gasteiger partial charge in [-0.05, 0) is 6.92 Å². The van der Waals surface area contributed by atoms with Gasteiger partial charge in [-0.3, -0.25) is 5.43 Å². The average Bonchev–Trinajstić information content (AvgIpc) is 1.84. The normalized spacial score (nSPS) is 38.6. The van der Waals surface area contributed by atoms with Crippen molar-refractivity contribution in [3.63, 3.8) is 0 Å². The van der Waals surface area contributed by atoms with E-state index in [1.54, 1.807) is 6.21 Å². The molecule has 3 nitrogen and oxygen atoms in total. The first kappa shape index (κ1) is 4.59. The van der Waals surface area contributed by atoms with E-state index in [1.165, 1.54) is 0 Å². The Morgan fingerprint density at radius 1 is 2.00 bits per heavy atom. The molecule has 1 atom stereocenters. The fraction of sp³-hybridized carbons (Fsp3) is 0.750. The van der Waals surface area contributed by atoms with Crippen LogP contribution in [0.5, 0.6) is 0 Å². The van der Waals surface area contributed by atoms with E-state index in [2.05, 4.69) is 10.5 Å². The van der Waals surface area contributed by atoms with E-state index < -0.39 is 0 Å². The standard InChI is InChI=1S/C4H9N3/c1-4(5)2-3-6-7-4/h3,7H,2,5H2,1H3. The second-order valence-electron chi connectivity index (χ2n) is 2.05. The van der Waals surface area contributed by atoms with Crippen molar-refractivity contribution in [2.75, 3.05) is 0 Å². The Bertz CT molecular complexity index is 85.1. The molecule has 1 unspecified atom stereocenters. The van der Waals surface area contributed by atoms with Crippen molar-refractivity contribution in [1.29, 1.82) is 0 Å². The predicted octanol–water partition coefficient (Wildman–Crippen LogP) is -0.360. The average molecular weight is 99.1 g/mol. The molecule has 0 spiro atoms. The van der Waals surface area contributed by atoms with Crippen molar-refractivity contribution in [2.24, 2.45) is 10.8 Å². The van der Waals surface area contributed by atoms with Crippen LogP contribution in [0, 0.1) is 0 Å². The van der Waals surface area contributed by atoms with Gasteiger partial charge in [-0.15, -0.1) is 0 Å². The molecular weight excluding hydrogens is 90.1 g/mol. The van der Waals surface area contributed by atoms with E-state index in [0.717, 1.165) is 6.42 Å². The Morgan fingerprint density at radius 3 is 2.86 bits per heavy atom. The molecule has 0 aromatic rings. The minimum atomic E-state index is -0.278. The fourth-order valence-electron chi connectivity index (χ4n) is 0.474. The summed E-state index contributed by atoms with van der Waals surface area (Å²) in [5.74, 6) is 0. The molecule has 1 aliphatic rings. The zero-order chi connectivity index (χ0) is 5.33. The topological polar surface area (TPSA) is 50.4 Å². The molecule has 7 heavy (non-hydrogen) atoms. The molecule has 0 aromatic heterocycles. The van der Waals surface area contributed by atoms with E-state index >= 15 is 0 Å². The molecule has 0 amide bonds. The third-order valence-corrected chi connectivity index (χ3v) is 0.927. The number of hydrogen-bond donors (Lipinski definition) is 2. The van der Waals surface area contributed by atoms with E-state index in [0.29, 0.717) is 0 Å². The van der Waals surface area contributed by atoms with Gasteiger partial charge in [0.25, 0.3) is 0 Å². The Hall–Kier alpha value is -0.570. The van der Waals surface area contributed by atoms with Gasteiger partial charge in [0.15, 0.2) is 0 Å². The summed E-state index contributed by atoms with van der Waals surface area (Å²) in [7, 11) is 0. The summed E-state index contributed by atoms with van der Waals surface area (Å²) in [4.78, 5) is 0. The van der Waals surface area contributed by atoms with Gasteiger partial charge in [0.05, 0.1) is 0 Å². The number of nitrogens with two attached hydrogens (primary N) is 1. The number of nitrogens with zero attached hydrogens (tertiary/aromatic N) is 1. The smallest absolute Gasteiger partial charge is 0.104 e. The molecule has 0 aliphatic carbocycles. The second-order valence-corrected chi connectivity index (χ2v) is 2.05. The van der Waals surface area contributed by atoms with E-state index in [4.69, 9.17) is 5.73 Å². The van der Waals surface area contributed by atoms with Crippen LogP contribution in [0.15, 0.2) is 5.10 Å². The highest BCUT2D eigenvalue weighted by Gasteiger charge is 2.18. The lowest BCUT2D eigenvalue weighted by molar-refractivity contribution is 0.422. The van der Waals surface area contributed by atoms with E-state index in [1.807, 2.05) is 6.92 Å². The third kappa shape index (κ3) is 0.899. The van der Waals surface area contributed by atoms with Gasteiger partial charge in [-0.1, -0.05) is 0 Å². The van der Waals surface area contributed by atoms with Crippen molar-refractivity contribution >= 4 is 6.21 Å². The highest BCUT2D eigenvalue weighted by molar-refractivity contribution is 5.60. The summed E-state index contributed by atoms with van der Waals surface area (Å²) >= 11 is 0. The van der Waals surface area contributed by atoms with Crippen molar-refractivity contribution in [2.45, 2.75) is 19.0 Å². The molecule has 0 radical (unpaired) electrons. The summed E-state index contributed by atoms with van der Waals surface area (Å²) in [6.45, 7) is 1.90. The van der Waals surface area contributed by atoms with Crippen LogP contribution in [0.4, 0.5) is 0 Å². The summed E-state index contributed by atoms with van der Waals surface area (Å²) in [6.07, 6.45) is 2.60. The molecule has 1 rings (SSSR count). The molecule has 0 saturated carbocycles. The predicted molar refractivity (Wildman–Crippen MR) is 28.8 cm³/mol. The van der Waals surface area contributed by atoms with Gasteiger partial charge < -0.3 is 5.73 Å². The van der Waals surface area contributed by atoms with Crippen LogP contribution < -0.4 is 11.2 Å². The maximum Gasteiger partial charge on any atom is 0.104 e. The number of hydrazone groups is 1. The molecule has 40 valence electrons.